The summed E-state index contributed by atoms with van der Waals surface area (Å²) in [5, 5.41) is 23.8. The second-order valence-electron chi connectivity index (χ2n) is 14.2. The number of rotatable bonds is 10. The van der Waals surface area contributed by atoms with E-state index in [0.717, 1.165) is 51.2 Å². The number of carbonyl (C=O) groups is 1. The molecule has 260 valence electrons. The van der Waals surface area contributed by atoms with Crippen LogP contribution in [0.4, 0.5) is 28.4 Å². The molecule has 0 aromatic heterocycles. The van der Waals surface area contributed by atoms with Gasteiger partial charge in [-0.25, -0.2) is 0 Å². The smallest absolute Gasteiger partial charge is 0.198 e. The maximum absolute atomic E-state index is 15.3. The monoisotopic (exact) mass is 683 g/mol. The van der Waals surface area contributed by atoms with Crippen molar-refractivity contribution in [1.82, 2.24) is 0 Å². The van der Waals surface area contributed by atoms with Gasteiger partial charge in [0.05, 0.1) is 16.8 Å². The molecular formula is C47H45N3O2. The van der Waals surface area contributed by atoms with E-state index < -0.39 is 5.60 Å². The van der Waals surface area contributed by atoms with Crippen LogP contribution < -0.4 is 16.0 Å². The molecular weight excluding hydrogens is 639 g/mol. The number of benzene rings is 6. The largest absolute Gasteiger partial charge is 0.384 e. The standard InChI is InChI=1S/C47H45N3O2/c1-29-11-7-15-34(25-29)23-24-48-39-20-19-38(33(5)35-16-8-12-30(2)26-35)44-42(39)46(51)43-40(49-36-17-9-13-31(3)27-36)21-22-41(45(43)47(44,6)52)50-37-18-10-14-32(4)28-37/h7-22,25-28,48-50,52H,5,23-24H2,1-4,6H3. The van der Waals surface area contributed by atoms with Crippen molar-refractivity contribution in [2.75, 3.05) is 22.5 Å². The maximum atomic E-state index is 15.3. The zero-order valence-electron chi connectivity index (χ0n) is 30.5. The van der Waals surface area contributed by atoms with Crippen molar-refractivity contribution in [2.24, 2.45) is 0 Å². The Morgan fingerprint density at radius 1 is 0.635 bits per heavy atom. The predicted octanol–water partition coefficient (Wildman–Crippen LogP) is 10.9. The van der Waals surface area contributed by atoms with E-state index in [4.69, 9.17) is 0 Å². The molecule has 4 N–H and O–H groups in total. The van der Waals surface area contributed by atoms with E-state index in [1.54, 1.807) is 6.92 Å². The molecule has 1 unspecified atom stereocenters. The minimum absolute atomic E-state index is 0.170. The van der Waals surface area contributed by atoms with E-state index in [2.05, 4.69) is 78.8 Å². The van der Waals surface area contributed by atoms with Crippen LogP contribution in [0.1, 0.15) is 72.9 Å². The van der Waals surface area contributed by atoms with Gasteiger partial charge in [-0.15, -0.1) is 0 Å². The van der Waals surface area contributed by atoms with Gasteiger partial charge in [-0.3, -0.25) is 4.79 Å². The second-order valence-corrected chi connectivity index (χ2v) is 14.2. The number of hydrogen-bond acceptors (Lipinski definition) is 5. The van der Waals surface area contributed by atoms with Gasteiger partial charge >= 0.3 is 0 Å². The number of carbonyl (C=O) groups excluding carboxylic acids is 1. The molecule has 0 spiro atoms. The Labute approximate surface area is 307 Å². The van der Waals surface area contributed by atoms with Crippen LogP contribution in [-0.4, -0.2) is 17.4 Å². The first-order valence-corrected chi connectivity index (χ1v) is 17.8. The summed E-state index contributed by atoms with van der Waals surface area (Å²) in [6, 6.07) is 40.6. The summed E-state index contributed by atoms with van der Waals surface area (Å²) in [5.74, 6) is -0.170. The number of aliphatic hydroxyl groups is 1. The van der Waals surface area contributed by atoms with Gasteiger partial charge in [0.1, 0.15) is 5.60 Å². The van der Waals surface area contributed by atoms with Gasteiger partial charge in [0.25, 0.3) is 0 Å². The highest BCUT2D eigenvalue weighted by molar-refractivity contribution is 6.21. The lowest BCUT2D eigenvalue weighted by Gasteiger charge is -2.38. The predicted molar refractivity (Wildman–Crippen MR) is 217 cm³/mol. The van der Waals surface area contributed by atoms with Gasteiger partial charge in [-0.05, 0) is 117 Å². The summed E-state index contributed by atoms with van der Waals surface area (Å²) < 4.78 is 0. The summed E-state index contributed by atoms with van der Waals surface area (Å²) >= 11 is 0. The summed E-state index contributed by atoms with van der Waals surface area (Å²) in [4.78, 5) is 15.3. The third kappa shape index (κ3) is 6.75. The maximum Gasteiger partial charge on any atom is 0.198 e. The number of fused-ring (bicyclic) bond motifs is 2. The lowest BCUT2D eigenvalue weighted by Crippen LogP contribution is -2.36. The zero-order valence-corrected chi connectivity index (χ0v) is 30.5. The topological polar surface area (TPSA) is 73.4 Å². The van der Waals surface area contributed by atoms with Crippen LogP contribution in [0.5, 0.6) is 0 Å². The third-order valence-electron chi connectivity index (χ3n) is 9.94. The van der Waals surface area contributed by atoms with Crippen LogP contribution in [0.25, 0.3) is 5.57 Å². The molecule has 0 aliphatic heterocycles. The van der Waals surface area contributed by atoms with Gasteiger partial charge in [-0.1, -0.05) is 96.6 Å². The van der Waals surface area contributed by atoms with Gasteiger partial charge in [0.15, 0.2) is 5.78 Å². The van der Waals surface area contributed by atoms with E-state index in [-0.39, 0.29) is 5.78 Å². The Hall–Kier alpha value is -5.91. The molecule has 1 atom stereocenters. The Morgan fingerprint density at radius 3 is 1.81 bits per heavy atom. The lowest BCUT2D eigenvalue weighted by molar-refractivity contribution is 0.0868. The molecule has 0 heterocycles. The van der Waals surface area contributed by atoms with E-state index in [1.165, 1.54) is 11.1 Å². The highest BCUT2D eigenvalue weighted by Gasteiger charge is 2.45. The van der Waals surface area contributed by atoms with Gasteiger partial charge in [0, 0.05) is 40.4 Å². The van der Waals surface area contributed by atoms with Gasteiger partial charge < -0.3 is 21.1 Å². The fourth-order valence-corrected chi connectivity index (χ4v) is 7.50. The number of anilines is 5. The highest BCUT2D eigenvalue weighted by Crippen LogP contribution is 2.51. The number of ketones is 1. The van der Waals surface area contributed by atoms with Crippen LogP contribution in [0.15, 0.2) is 128 Å². The molecule has 6 aromatic rings. The average Bonchev–Trinajstić information content (AvgIpc) is 3.11. The number of nitrogens with one attached hydrogen (secondary N) is 3. The summed E-state index contributed by atoms with van der Waals surface area (Å²) in [6.07, 6.45) is 0.778. The van der Waals surface area contributed by atoms with Crippen molar-refractivity contribution in [3.05, 3.63) is 189 Å². The molecule has 7 rings (SSSR count). The third-order valence-corrected chi connectivity index (χ3v) is 9.94. The van der Waals surface area contributed by atoms with Crippen molar-refractivity contribution in [1.29, 1.82) is 0 Å². The molecule has 6 aromatic carbocycles. The molecule has 5 nitrogen and oxygen atoms in total. The number of hydrogen-bond donors (Lipinski definition) is 4. The summed E-state index contributed by atoms with van der Waals surface area (Å²) in [5.41, 5.74) is 12.1. The summed E-state index contributed by atoms with van der Waals surface area (Å²) in [6.45, 7) is 15.2. The first-order valence-electron chi connectivity index (χ1n) is 17.8. The van der Waals surface area contributed by atoms with Crippen molar-refractivity contribution in [2.45, 2.75) is 46.6 Å². The minimum Gasteiger partial charge on any atom is -0.384 e. The van der Waals surface area contributed by atoms with Crippen molar-refractivity contribution < 1.29 is 9.90 Å². The molecule has 0 saturated heterocycles. The van der Waals surface area contributed by atoms with Crippen LogP contribution in [0.3, 0.4) is 0 Å². The molecule has 0 bridgehead atoms. The molecule has 52 heavy (non-hydrogen) atoms. The Bertz CT molecular complexity index is 2350. The van der Waals surface area contributed by atoms with E-state index in [9.17, 15) is 5.11 Å². The molecule has 0 radical (unpaired) electrons. The van der Waals surface area contributed by atoms with E-state index >= 15 is 4.79 Å². The second kappa shape index (κ2) is 14.0. The van der Waals surface area contributed by atoms with Crippen LogP contribution in [-0.2, 0) is 12.0 Å². The minimum atomic E-state index is -1.61. The van der Waals surface area contributed by atoms with Crippen LogP contribution in [0.2, 0.25) is 0 Å². The lowest BCUT2D eigenvalue weighted by atomic mass is 9.70. The number of aryl methyl sites for hydroxylation is 4. The first-order chi connectivity index (χ1) is 25.0. The fourth-order valence-electron chi connectivity index (χ4n) is 7.50. The molecule has 1 aliphatic rings. The molecule has 1 aliphatic carbocycles. The van der Waals surface area contributed by atoms with Gasteiger partial charge in [-0.2, -0.15) is 0 Å². The Morgan fingerprint density at radius 2 is 1.17 bits per heavy atom. The van der Waals surface area contributed by atoms with E-state index in [1.807, 2.05) is 92.7 Å². The summed E-state index contributed by atoms with van der Waals surface area (Å²) in [7, 11) is 0. The molecule has 0 fully saturated rings. The average molecular weight is 684 g/mol. The van der Waals surface area contributed by atoms with Crippen molar-refractivity contribution in [3.8, 4) is 0 Å². The van der Waals surface area contributed by atoms with Crippen LogP contribution >= 0.6 is 0 Å². The SMILES string of the molecule is C=C(c1cccc(C)c1)c1ccc(NCCc2cccc(C)c2)c2c1C(C)(O)c1c(Nc3cccc(C)c3)ccc(Nc3cccc(C)c3)c1C2=O. The van der Waals surface area contributed by atoms with E-state index in [0.29, 0.717) is 45.9 Å². The quantitative estimate of drug-likeness (QED) is 0.116. The highest BCUT2D eigenvalue weighted by atomic mass is 16.3. The zero-order chi connectivity index (χ0) is 36.6. The fraction of sp³-hybridized carbons (Fsp3) is 0.170. The molecule has 0 saturated carbocycles. The van der Waals surface area contributed by atoms with Gasteiger partial charge in [0.2, 0.25) is 0 Å². The molecule has 5 heteroatoms. The van der Waals surface area contributed by atoms with Crippen molar-refractivity contribution >= 4 is 39.8 Å². The molecule has 0 amide bonds. The Kier molecular flexibility index (Phi) is 9.31. The Balaban J connectivity index is 1.43. The van der Waals surface area contributed by atoms with Crippen LogP contribution in [0, 0.1) is 27.7 Å². The normalized spacial score (nSPS) is 14.7. The first kappa shape index (κ1) is 34.5. The van der Waals surface area contributed by atoms with Crippen molar-refractivity contribution in [3.63, 3.8) is 0 Å².